The third kappa shape index (κ3) is 3.07. The van der Waals surface area contributed by atoms with Gasteiger partial charge in [0.1, 0.15) is 0 Å². The van der Waals surface area contributed by atoms with Gasteiger partial charge in [-0.2, -0.15) is 0 Å². The topological polar surface area (TPSA) is 94.1 Å². The first-order valence-electron chi connectivity index (χ1n) is 5.58. The van der Waals surface area contributed by atoms with Gasteiger partial charge in [-0.1, -0.05) is 16.8 Å². The van der Waals surface area contributed by atoms with E-state index in [0.717, 1.165) is 5.69 Å². The number of aromatic nitrogens is 3. The Morgan fingerprint density at radius 3 is 2.89 bits per heavy atom. The first kappa shape index (κ1) is 13.4. The zero-order chi connectivity index (χ0) is 13.8. The fourth-order valence-corrected chi connectivity index (χ4v) is 1.85. The Morgan fingerprint density at radius 2 is 2.26 bits per heavy atom. The molecule has 0 unspecified atom stereocenters. The fourth-order valence-electron chi connectivity index (χ4n) is 1.59. The second-order valence-electron chi connectivity index (χ2n) is 3.87. The highest BCUT2D eigenvalue weighted by atomic mass is 35.5. The van der Waals surface area contributed by atoms with Crippen molar-refractivity contribution >= 4 is 17.3 Å². The number of aliphatic hydroxyl groups is 1. The molecule has 2 aromatic rings. The summed E-state index contributed by atoms with van der Waals surface area (Å²) in [5.74, 6) is 0. The van der Waals surface area contributed by atoms with Crippen molar-refractivity contribution in [3.63, 3.8) is 0 Å². The van der Waals surface area contributed by atoms with Gasteiger partial charge in [-0.3, -0.25) is 10.1 Å². The predicted molar refractivity (Wildman–Crippen MR) is 68.4 cm³/mol. The van der Waals surface area contributed by atoms with E-state index in [4.69, 9.17) is 16.7 Å². The molecule has 0 fully saturated rings. The summed E-state index contributed by atoms with van der Waals surface area (Å²) in [4.78, 5) is 10.1. The molecular weight excluding hydrogens is 272 g/mol. The molecule has 7 nitrogen and oxygen atoms in total. The predicted octanol–water partition coefficient (Wildman–Crippen LogP) is 1.75. The van der Waals surface area contributed by atoms with Crippen LogP contribution in [-0.4, -0.2) is 31.6 Å². The van der Waals surface area contributed by atoms with Crippen molar-refractivity contribution in [2.24, 2.45) is 0 Å². The lowest BCUT2D eigenvalue weighted by molar-refractivity contribution is -0.384. The van der Waals surface area contributed by atoms with E-state index in [0.29, 0.717) is 18.5 Å². The Hall–Kier alpha value is -1.99. The average molecular weight is 283 g/mol. The average Bonchev–Trinajstić information content (AvgIpc) is 2.84. The molecular formula is C11H11ClN4O3. The van der Waals surface area contributed by atoms with E-state index in [1.807, 2.05) is 0 Å². The van der Waals surface area contributed by atoms with Gasteiger partial charge < -0.3 is 5.11 Å². The van der Waals surface area contributed by atoms with Crippen LogP contribution in [0.25, 0.3) is 5.69 Å². The smallest absolute Gasteiger partial charge is 0.271 e. The van der Waals surface area contributed by atoms with E-state index in [9.17, 15) is 10.1 Å². The van der Waals surface area contributed by atoms with Crippen molar-refractivity contribution < 1.29 is 10.0 Å². The third-order valence-electron chi connectivity index (χ3n) is 2.52. The van der Waals surface area contributed by atoms with Crippen LogP contribution in [0, 0.1) is 10.1 Å². The van der Waals surface area contributed by atoms with Crippen LogP contribution in [0.4, 0.5) is 5.69 Å². The molecule has 0 saturated heterocycles. The maximum atomic E-state index is 10.6. The SMILES string of the molecule is O=[N+]([O-])c1ccc(-n2cc(CCCO)nn2)c(Cl)c1. The maximum absolute atomic E-state index is 10.6. The summed E-state index contributed by atoms with van der Waals surface area (Å²) in [7, 11) is 0. The molecule has 0 saturated carbocycles. The molecule has 0 aliphatic rings. The molecule has 0 radical (unpaired) electrons. The van der Waals surface area contributed by atoms with E-state index < -0.39 is 4.92 Å². The normalized spacial score (nSPS) is 10.6. The van der Waals surface area contributed by atoms with Crippen molar-refractivity contribution in [1.82, 2.24) is 15.0 Å². The van der Waals surface area contributed by atoms with Gasteiger partial charge >= 0.3 is 0 Å². The van der Waals surface area contributed by atoms with Gasteiger partial charge in [0.05, 0.1) is 27.5 Å². The van der Waals surface area contributed by atoms with Gasteiger partial charge in [-0.05, 0) is 18.9 Å². The summed E-state index contributed by atoms with van der Waals surface area (Å²) < 4.78 is 1.46. The standard InChI is InChI=1S/C11H11ClN4O3/c12-10-6-9(16(18)19)3-4-11(10)15-7-8(13-14-15)2-1-5-17/h3-4,6-7,17H,1-2,5H2. The maximum Gasteiger partial charge on any atom is 0.271 e. The number of hydrogen-bond acceptors (Lipinski definition) is 5. The number of nitro groups is 1. The van der Waals surface area contributed by atoms with Crippen molar-refractivity contribution in [2.75, 3.05) is 6.61 Å². The number of hydrogen-bond donors (Lipinski definition) is 1. The summed E-state index contributed by atoms with van der Waals surface area (Å²) in [5.41, 5.74) is 1.17. The highest BCUT2D eigenvalue weighted by molar-refractivity contribution is 6.32. The lowest BCUT2D eigenvalue weighted by Gasteiger charge is -2.02. The molecule has 0 atom stereocenters. The number of aliphatic hydroxyl groups excluding tert-OH is 1. The second-order valence-corrected chi connectivity index (χ2v) is 4.28. The highest BCUT2D eigenvalue weighted by Crippen LogP contribution is 2.25. The largest absolute Gasteiger partial charge is 0.396 e. The molecule has 100 valence electrons. The molecule has 8 heteroatoms. The minimum atomic E-state index is -0.510. The van der Waals surface area contributed by atoms with Gasteiger partial charge in [0.25, 0.3) is 5.69 Å². The Labute approximate surface area is 113 Å². The Bertz CT molecular complexity index is 599. The van der Waals surface area contributed by atoms with Crippen LogP contribution in [-0.2, 0) is 6.42 Å². The van der Waals surface area contributed by atoms with Crippen LogP contribution >= 0.6 is 11.6 Å². The van der Waals surface area contributed by atoms with Crippen LogP contribution in [0.5, 0.6) is 0 Å². The number of nitro benzene ring substituents is 1. The van der Waals surface area contributed by atoms with Crippen LogP contribution in [0.15, 0.2) is 24.4 Å². The van der Waals surface area contributed by atoms with E-state index >= 15 is 0 Å². The first-order valence-corrected chi connectivity index (χ1v) is 5.96. The molecule has 19 heavy (non-hydrogen) atoms. The molecule has 0 bridgehead atoms. The zero-order valence-electron chi connectivity index (χ0n) is 9.86. The summed E-state index contributed by atoms with van der Waals surface area (Å²) in [6.07, 6.45) is 2.90. The molecule has 0 amide bonds. The van der Waals surface area contributed by atoms with Gasteiger partial charge in [0, 0.05) is 18.7 Å². The lowest BCUT2D eigenvalue weighted by Crippen LogP contribution is -1.97. The van der Waals surface area contributed by atoms with Crippen LogP contribution < -0.4 is 0 Å². The van der Waals surface area contributed by atoms with Gasteiger partial charge in [-0.15, -0.1) is 5.10 Å². The van der Waals surface area contributed by atoms with Crippen molar-refractivity contribution in [1.29, 1.82) is 0 Å². The molecule has 0 spiro atoms. The number of benzene rings is 1. The van der Waals surface area contributed by atoms with Gasteiger partial charge in [0.2, 0.25) is 0 Å². The second kappa shape index (κ2) is 5.77. The van der Waals surface area contributed by atoms with E-state index in [-0.39, 0.29) is 17.3 Å². The summed E-state index contributed by atoms with van der Waals surface area (Å²) in [6.45, 7) is 0.0884. The molecule has 1 N–H and O–H groups in total. The van der Waals surface area contributed by atoms with E-state index in [1.165, 1.54) is 22.9 Å². The molecule has 2 rings (SSSR count). The fraction of sp³-hybridized carbons (Fsp3) is 0.273. The summed E-state index contributed by atoms with van der Waals surface area (Å²) >= 11 is 5.99. The number of aryl methyl sites for hydroxylation is 1. The minimum absolute atomic E-state index is 0.0747. The van der Waals surface area contributed by atoms with Crippen molar-refractivity contribution in [2.45, 2.75) is 12.8 Å². The Morgan fingerprint density at radius 1 is 1.47 bits per heavy atom. The quantitative estimate of drug-likeness (QED) is 0.666. The van der Waals surface area contributed by atoms with Gasteiger partial charge in [-0.25, -0.2) is 4.68 Å². The summed E-state index contributed by atoms with van der Waals surface area (Å²) in [6, 6.07) is 4.15. The molecule has 1 heterocycles. The molecule has 0 aliphatic heterocycles. The summed E-state index contributed by atoms with van der Waals surface area (Å²) in [5, 5.41) is 27.4. The number of rotatable bonds is 5. The highest BCUT2D eigenvalue weighted by Gasteiger charge is 2.12. The van der Waals surface area contributed by atoms with Crippen LogP contribution in [0.2, 0.25) is 5.02 Å². The monoisotopic (exact) mass is 282 g/mol. The van der Waals surface area contributed by atoms with Gasteiger partial charge in [0.15, 0.2) is 0 Å². The van der Waals surface area contributed by atoms with Crippen molar-refractivity contribution in [3.8, 4) is 5.69 Å². The number of nitrogens with zero attached hydrogens (tertiary/aromatic N) is 4. The molecule has 1 aromatic heterocycles. The third-order valence-corrected chi connectivity index (χ3v) is 2.82. The van der Waals surface area contributed by atoms with Crippen molar-refractivity contribution in [3.05, 3.63) is 45.2 Å². The van der Waals surface area contributed by atoms with E-state index in [2.05, 4.69) is 10.3 Å². The zero-order valence-corrected chi connectivity index (χ0v) is 10.6. The van der Waals surface area contributed by atoms with E-state index in [1.54, 1.807) is 6.20 Å². The van der Waals surface area contributed by atoms with Crippen LogP contribution in [0.3, 0.4) is 0 Å². The first-order chi connectivity index (χ1) is 9.11. The Kier molecular flexibility index (Phi) is 4.08. The number of non-ortho nitro benzene ring substituents is 1. The lowest BCUT2D eigenvalue weighted by atomic mass is 10.2. The molecule has 1 aromatic carbocycles. The molecule has 0 aliphatic carbocycles. The minimum Gasteiger partial charge on any atom is -0.396 e. The Balaban J connectivity index is 2.26. The van der Waals surface area contributed by atoms with Crippen LogP contribution in [0.1, 0.15) is 12.1 Å². The number of halogens is 1.